The van der Waals surface area contributed by atoms with Crippen molar-refractivity contribution >= 4 is 46.1 Å². The van der Waals surface area contributed by atoms with E-state index in [-0.39, 0.29) is 5.91 Å². The molecule has 1 fully saturated rings. The summed E-state index contributed by atoms with van der Waals surface area (Å²) in [7, 11) is 1.62. The fraction of sp³-hybridized carbons (Fsp3) is 0.227. The second-order valence-corrected chi connectivity index (χ2v) is 8.32. The van der Waals surface area contributed by atoms with E-state index in [1.54, 1.807) is 34.9 Å². The summed E-state index contributed by atoms with van der Waals surface area (Å²) in [6.45, 7) is 2.20. The van der Waals surface area contributed by atoms with Gasteiger partial charge in [-0.1, -0.05) is 28.4 Å². The second-order valence-electron chi connectivity index (χ2n) is 7.47. The fourth-order valence-electron chi connectivity index (χ4n) is 3.82. The third kappa shape index (κ3) is 4.05. The highest BCUT2D eigenvalue weighted by Crippen LogP contribution is 2.26. The van der Waals surface area contributed by atoms with E-state index >= 15 is 0 Å². The zero-order valence-electron chi connectivity index (χ0n) is 17.7. The van der Waals surface area contributed by atoms with E-state index in [2.05, 4.69) is 25.2 Å². The Kier molecular flexibility index (Phi) is 5.74. The Morgan fingerprint density at radius 2 is 1.76 bits per heavy atom. The molecule has 1 aliphatic rings. The van der Waals surface area contributed by atoms with Gasteiger partial charge in [0.25, 0.3) is 5.91 Å². The minimum atomic E-state index is -0.138. The molecule has 0 aliphatic carbocycles. The molecule has 2 aromatic heterocycles. The SMILES string of the molecule is COc1ccc(-n2nnc3c(N4CCN(C(=O)c5cc(Cl)ccc5Cl)CC4)ncnc32)cc1. The number of nitrogens with zero attached hydrogens (tertiary/aromatic N) is 7. The number of amides is 1. The number of fused-ring (bicyclic) bond motifs is 1. The Morgan fingerprint density at radius 3 is 2.48 bits per heavy atom. The van der Waals surface area contributed by atoms with Gasteiger partial charge in [-0.05, 0) is 42.5 Å². The van der Waals surface area contributed by atoms with Crippen LogP contribution < -0.4 is 9.64 Å². The lowest BCUT2D eigenvalue weighted by atomic mass is 10.1. The van der Waals surface area contributed by atoms with Gasteiger partial charge in [-0.3, -0.25) is 4.79 Å². The van der Waals surface area contributed by atoms with Crippen molar-refractivity contribution in [1.29, 1.82) is 0 Å². The van der Waals surface area contributed by atoms with Crippen LogP contribution in [-0.2, 0) is 0 Å². The van der Waals surface area contributed by atoms with Crippen LogP contribution >= 0.6 is 23.2 Å². The summed E-state index contributed by atoms with van der Waals surface area (Å²) in [5.74, 6) is 1.30. The molecule has 9 nitrogen and oxygen atoms in total. The number of benzene rings is 2. The van der Waals surface area contributed by atoms with Crippen molar-refractivity contribution in [2.24, 2.45) is 0 Å². The van der Waals surface area contributed by atoms with Gasteiger partial charge in [-0.2, -0.15) is 4.68 Å². The van der Waals surface area contributed by atoms with E-state index in [0.717, 1.165) is 11.4 Å². The standard InChI is InChI=1S/C22H19Cl2N7O2/c1-33-16-5-3-15(4-6-16)31-21-19(27-28-31)20(25-13-26-21)29-8-10-30(11-9-29)22(32)17-12-14(23)2-7-18(17)24/h2-7,12-13H,8-11H2,1H3. The van der Waals surface area contributed by atoms with Gasteiger partial charge in [0, 0.05) is 31.2 Å². The van der Waals surface area contributed by atoms with Crippen LogP contribution in [0.5, 0.6) is 5.75 Å². The minimum absolute atomic E-state index is 0.138. The summed E-state index contributed by atoms with van der Waals surface area (Å²) in [6.07, 6.45) is 1.50. The molecule has 3 heterocycles. The zero-order valence-corrected chi connectivity index (χ0v) is 19.2. The molecule has 0 unspecified atom stereocenters. The van der Waals surface area contributed by atoms with Crippen molar-refractivity contribution in [2.45, 2.75) is 0 Å². The van der Waals surface area contributed by atoms with E-state index < -0.39 is 0 Å². The molecule has 1 saturated heterocycles. The summed E-state index contributed by atoms with van der Waals surface area (Å²) in [5, 5.41) is 9.49. The van der Waals surface area contributed by atoms with E-state index in [4.69, 9.17) is 27.9 Å². The number of piperazine rings is 1. The Morgan fingerprint density at radius 1 is 1.00 bits per heavy atom. The first-order chi connectivity index (χ1) is 16.0. The Hall–Kier alpha value is -3.43. The average Bonchev–Trinajstić information content (AvgIpc) is 3.29. The summed E-state index contributed by atoms with van der Waals surface area (Å²) >= 11 is 12.3. The lowest BCUT2D eigenvalue weighted by Gasteiger charge is -2.35. The lowest BCUT2D eigenvalue weighted by Crippen LogP contribution is -2.49. The van der Waals surface area contributed by atoms with Crippen LogP contribution in [0, 0.1) is 0 Å². The van der Waals surface area contributed by atoms with Gasteiger partial charge in [0.05, 0.1) is 23.4 Å². The molecular formula is C22H19Cl2N7O2. The number of anilines is 1. The number of methoxy groups -OCH3 is 1. The van der Waals surface area contributed by atoms with E-state index in [1.165, 1.54) is 6.33 Å². The first kappa shape index (κ1) is 21.4. The maximum Gasteiger partial charge on any atom is 0.255 e. The van der Waals surface area contributed by atoms with Crippen molar-refractivity contribution in [3.63, 3.8) is 0 Å². The summed E-state index contributed by atoms with van der Waals surface area (Å²) in [5.41, 5.74) is 2.43. The zero-order chi connectivity index (χ0) is 22.9. The van der Waals surface area contributed by atoms with Crippen LogP contribution in [0.4, 0.5) is 5.82 Å². The van der Waals surface area contributed by atoms with Crippen molar-refractivity contribution < 1.29 is 9.53 Å². The first-order valence-corrected chi connectivity index (χ1v) is 11.0. The fourth-order valence-corrected chi connectivity index (χ4v) is 4.19. The minimum Gasteiger partial charge on any atom is -0.497 e. The van der Waals surface area contributed by atoms with Gasteiger partial charge in [0.15, 0.2) is 17.0 Å². The predicted octanol–water partition coefficient (Wildman–Crippen LogP) is 3.49. The van der Waals surface area contributed by atoms with Crippen LogP contribution in [-0.4, -0.2) is 69.1 Å². The Labute approximate surface area is 199 Å². The van der Waals surface area contributed by atoms with Crippen LogP contribution in [0.3, 0.4) is 0 Å². The topological polar surface area (TPSA) is 89.3 Å². The molecule has 4 aromatic rings. The number of carbonyl (C=O) groups is 1. The summed E-state index contributed by atoms with van der Waals surface area (Å²) < 4.78 is 6.89. The molecule has 0 radical (unpaired) electrons. The van der Waals surface area contributed by atoms with E-state index in [0.29, 0.717) is 58.8 Å². The largest absolute Gasteiger partial charge is 0.497 e. The number of hydrogen-bond donors (Lipinski definition) is 0. The highest BCUT2D eigenvalue weighted by molar-refractivity contribution is 6.35. The molecule has 1 aliphatic heterocycles. The Balaban J connectivity index is 1.36. The number of aromatic nitrogens is 5. The molecule has 5 rings (SSSR count). The molecule has 11 heteroatoms. The van der Waals surface area contributed by atoms with Gasteiger partial charge < -0.3 is 14.5 Å². The van der Waals surface area contributed by atoms with E-state index in [1.807, 2.05) is 24.3 Å². The average molecular weight is 484 g/mol. The summed E-state index contributed by atoms with van der Waals surface area (Å²) in [4.78, 5) is 25.6. The molecule has 0 bridgehead atoms. The van der Waals surface area contributed by atoms with Crippen LogP contribution in [0.15, 0.2) is 48.8 Å². The number of carbonyl (C=O) groups excluding carboxylic acids is 1. The van der Waals surface area contributed by atoms with Gasteiger partial charge in [0.2, 0.25) is 0 Å². The molecule has 0 N–H and O–H groups in total. The first-order valence-electron chi connectivity index (χ1n) is 10.3. The van der Waals surface area contributed by atoms with Gasteiger partial charge in [0.1, 0.15) is 12.1 Å². The molecule has 0 atom stereocenters. The molecule has 168 valence electrons. The number of rotatable bonds is 4. The molecule has 1 amide bonds. The van der Waals surface area contributed by atoms with Crippen molar-refractivity contribution in [2.75, 3.05) is 38.2 Å². The molecule has 2 aromatic carbocycles. The maximum atomic E-state index is 12.9. The molecular weight excluding hydrogens is 465 g/mol. The molecule has 0 saturated carbocycles. The van der Waals surface area contributed by atoms with Crippen LogP contribution in [0.25, 0.3) is 16.9 Å². The maximum absolute atomic E-state index is 12.9. The van der Waals surface area contributed by atoms with Gasteiger partial charge in [-0.15, -0.1) is 5.10 Å². The van der Waals surface area contributed by atoms with E-state index in [9.17, 15) is 4.79 Å². The van der Waals surface area contributed by atoms with Crippen molar-refractivity contribution in [1.82, 2.24) is 29.9 Å². The van der Waals surface area contributed by atoms with Gasteiger partial charge in [-0.25, -0.2) is 9.97 Å². The van der Waals surface area contributed by atoms with Crippen LogP contribution in [0.2, 0.25) is 10.0 Å². The quantitative estimate of drug-likeness (QED) is 0.438. The van der Waals surface area contributed by atoms with Gasteiger partial charge >= 0.3 is 0 Å². The van der Waals surface area contributed by atoms with Crippen molar-refractivity contribution in [3.05, 3.63) is 64.4 Å². The third-order valence-corrected chi connectivity index (χ3v) is 6.13. The third-order valence-electron chi connectivity index (χ3n) is 5.56. The Bertz CT molecular complexity index is 1320. The normalized spacial score (nSPS) is 14.0. The summed E-state index contributed by atoms with van der Waals surface area (Å²) in [6, 6.07) is 12.4. The number of halogens is 2. The number of hydrogen-bond acceptors (Lipinski definition) is 7. The predicted molar refractivity (Wildman–Crippen MR) is 126 cm³/mol. The smallest absolute Gasteiger partial charge is 0.255 e. The molecule has 0 spiro atoms. The highest BCUT2D eigenvalue weighted by Gasteiger charge is 2.26. The monoisotopic (exact) mass is 483 g/mol. The lowest BCUT2D eigenvalue weighted by molar-refractivity contribution is 0.0747. The molecule has 33 heavy (non-hydrogen) atoms. The highest BCUT2D eigenvalue weighted by atomic mass is 35.5. The van der Waals surface area contributed by atoms with Crippen molar-refractivity contribution in [3.8, 4) is 11.4 Å². The number of ether oxygens (including phenoxy) is 1. The van der Waals surface area contributed by atoms with Crippen LogP contribution in [0.1, 0.15) is 10.4 Å². The second kappa shape index (κ2) is 8.84.